The summed E-state index contributed by atoms with van der Waals surface area (Å²) in [6, 6.07) is 3.99. The molecule has 0 aromatic heterocycles. The third kappa shape index (κ3) is 6.66. The van der Waals surface area contributed by atoms with Gasteiger partial charge in [-0.3, -0.25) is 4.39 Å². The van der Waals surface area contributed by atoms with E-state index in [1.807, 2.05) is 19.1 Å². The molecule has 0 unspecified atom stereocenters. The maximum Gasteiger partial charge on any atom is 0.175 e. The van der Waals surface area contributed by atoms with Crippen molar-refractivity contribution in [2.24, 2.45) is 5.92 Å². The van der Waals surface area contributed by atoms with Gasteiger partial charge in [0.25, 0.3) is 0 Å². The fourth-order valence-electron chi connectivity index (χ4n) is 1.86. The standard InChI is InChI=1S/C16H25BrFNO2/c1-4-20-15-9-13(11-19-10-12(2)3)8-14(17)16(15)21-7-5-6-18/h8-9,12,19H,4-7,10-11H2,1-3H3. The summed E-state index contributed by atoms with van der Waals surface area (Å²) >= 11 is 3.51. The zero-order valence-electron chi connectivity index (χ0n) is 13.0. The number of alkyl halides is 1. The van der Waals surface area contributed by atoms with Crippen molar-refractivity contribution < 1.29 is 13.9 Å². The van der Waals surface area contributed by atoms with E-state index in [1.54, 1.807) is 0 Å². The van der Waals surface area contributed by atoms with Gasteiger partial charge in [0, 0.05) is 13.0 Å². The predicted octanol–water partition coefficient (Wildman–Crippen LogP) is 4.33. The first-order valence-electron chi connectivity index (χ1n) is 7.43. The fourth-order valence-corrected chi connectivity index (χ4v) is 2.46. The van der Waals surface area contributed by atoms with E-state index < -0.39 is 0 Å². The molecule has 0 fully saturated rings. The first-order chi connectivity index (χ1) is 10.1. The van der Waals surface area contributed by atoms with Crippen LogP contribution in [0.2, 0.25) is 0 Å². The molecular weight excluding hydrogens is 337 g/mol. The van der Waals surface area contributed by atoms with Crippen molar-refractivity contribution in [1.82, 2.24) is 5.32 Å². The average molecular weight is 362 g/mol. The second-order valence-electron chi connectivity index (χ2n) is 5.25. The van der Waals surface area contributed by atoms with E-state index in [9.17, 15) is 4.39 Å². The molecule has 0 aliphatic carbocycles. The minimum Gasteiger partial charge on any atom is -0.490 e. The normalized spacial score (nSPS) is 11.0. The molecule has 5 heteroatoms. The van der Waals surface area contributed by atoms with E-state index in [0.717, 1.165) is 23.1 Å². The van der Waals surface area contributed by atoms with E-state index in [0.29, 0.717) is 37.1 Å². The Labute approximate surface area is 135 Å². The molecule has 0 spiro atoms. The Kier molecular flexibility index (Phi) is 8.69. The topological polar surface area (TPSA) is 30.5 Å². The molecule has 21 heavy (non-hydrogen) atoms. The highest BCUT2D eigenvalue weighted by Crippen LogP contribution is 2.37. The Bertz CT molecular complexity index is 427. The van der Waals surface area contributed by atoms with Crippen molar-refractivity contribution in [2.45, 2.75) is 33.7 Å². The number of benzene rings is 1. The van der Waals surface area contributed by atoms with Gasteiger partial charge >= 0.3 is 0 Å². The second-order valence-corrected chi connectivity index (χ2v) is 6.11. The molecule has 0 heterocycles. The smallest absolute Gasteiger partial charge is 0.175 e. The van der Waals surface area contributed by atoms with Gasteiger partial charge in [-0.05, 0) is 53.0 Å². The van der Waals surface area contributed by atoms with Gasteiger partial charge in [0.1, 0.15) is 0 Å². The maximum atomic E-state index is 12.2. The summed E-state index contributed by atoms with van der Waals surface area (Å²) in [5.41, 5.74) is 1.13. The molecule has 0 aliphatic rings. The number of rotatable bonds is 10. The fraction of sp³-hybridized carbons (Fsp3) is 0.625. The van der Waals surface area contributed by atoms with Crippen LogP contribution in [0, 0.1) is 5.92 Å². The largest absolute Gasteiger partial charge is 0.490 e. The van der Waals surface area contributed by atoms with Gasteiger partial charge in [-0.25, -0.2) is 0 Å². The molecule has 1 aromatic carbocycles. The van der Waals surface area contributed by atoms with Gasteiger partial charge in [-0.2, -0.15) is 0 Å². The van der Waals surface area contributed by atoms with Crippen molar-refractivity contribution in [2.75, 3.05) is 26.4 Å². The van der Waals surface area contributed by atoms with Crippen LogP contribution >= 0.6 is 15.9 Å². The van der Waals surface area contributed by atoms with Crippen LogP contribution in [0.1, 0.15) is 32.8 Å². The second kappa shape index (κ2) is 10.0. The molecule has 0 atom stereocenters. The highest BCUT2D eigenvalue weighted by molar-refractivity contribution is 9.10. The van der Waals surface area contributed by atoms with Crippen LogP contribution in [-0.4, -0.2) is 26.4 Å². The molecule has 0 aliphatic heterocycles. The maximum absolute atomic E-state index is 12.2. The lowest BCUT2D eigenvalue weighted by Crippen LogP contribution is -2.19. The van der Waals surface area contributed by atoms with Gasteiger partial charge in [0.05, 0.1) is 24.4 Å². The molecule has 120 valence electrons. The van der Waals surface area contributed by atoms with Crippen LogP contribution in [0.4, 0.5) is 4.39 Å². The molecule has 0 saturated heterocycles. The number of hydrogen-bond acceptors (Lipinski definition) is 3. The zero-order chi connectivity index (χ0) is 15.7. The summed E-state index contributed by atoms with van der Waals surface area (Å²) in [5.74, 6) is 1.97. The molecular formula is C16H25BrFNO2. The van der Waals surface area contributed by atoms with Gasteiger partial charge < -0.3 is 14.8 Å². The summed E-state index contributed by atoms with van der Waals surface area (Å²) in [6.45, 7) is 8.57. The lowest BCUT2D eigenvalue weighted by atomic mass is 10.1. The SMILES string of the molecule is CCOc1cc(CNCC(C)C)cc(Br)c1OCCCF. The quantitative estimate of drug-likeness (QED) is 0.629. The van der Waals surface area contributed by atoms with Gasteiger partial charge in [0.15, 0.2) is 11.5 Å². The highest BCUT2D eigenvalue weighted by atomic mass is 79.9. The third-order valence-electron chi connectivity index (χ3n) is 2.78. The monoisotopic (exact) mass is 361 g/mol. The average Bonchev–Trinajstić information content (AvgIpc) is 2.42. The Hall–Kier alpha value is -0.810. The molecule has 0 radical (unpaired) electrons. The predicted molar refractivity (Wildman–Crippen MR) is 87.9 cm³/mol. The van der Waals surface area contributed by atoms with Gasteiger partial charge in [0.2, 0.25) is 0 Å². The van der Waals surface area contributed by atoms with E-state index in [1.165, 1.54) is 0 Å². The summed E-state index contributed by atoms with van der Waals surface area (Å²) in [6.07, 6.45) is 0.385. The number of ether oxygens (including phenoxy) is 2. The van der Waals surface area contributed by atoms with Crippen LogP contribution in [-0.2, 0) is 6.54 Å². The molecule has 0 bridgehead atoms. The lowest BCUT2D eigenvalue weighted by molar-refractivity contribution is 0.261. The van der Waals surface area contributed by atoms with Crippen LogP contribution in [0.5, 0.6) is 11.5 Å². The van der Waals surface area contributed by atoms with Crippen molar-refractivity contribution in [3.63, 3.8) is 0 Å². The van der Waals surface area contributed by atoms with E-state index >= 15 is 0 Å². The Morgan fingerprint density at radius 3 is 2.67 bits per heavy atom. The Morgan fingerprint density at radius 1 is 1.29 bits per heavy atom. The zero-order valence-corrected chi connectivity index (χ0v) is 14.6. The van der Waals surface area contributed by atoms with Crippen LogP contribution in [0.25, 0.3) is 0 Å². The van der Waals surface area contributed by atoms with Crippen molar-refractivity contribution >= 4 is 15.9 Å². The Balaban J connectivity index is 2.79. The first-order valence-corrected chi connectivity index (χ1v) is 8.22. The molecule has 1 N–H and O–H groups in total. The van der Waals surface area contributed by atoms with Crippen molar-refractivity contribution in [3.05, 3.63) is 22.2 Å². The van der Waals surface area contributed by atoms with E-state index in [-0.39, 0.29) is 6.67 Å². The summed E-state index contributed by atoms with van der Waals surface area (Å²) in [4.78, 5) is 0. The summed E-state index contributed by atoms with van der Waals surface area (Å²) in [7, 11) is 0. The van der Waals surface area contributed by atoms with E-state index in [4.69, 9.17) is 9.47 Å². The van der Waals surface area contributed by atoms with Crippen molar-refractivity contribution in [3.8, 4) is 11.5 Å². The number of hydrogen-bond donors (Lipinski definition) is 1. The molecule has 0 amide bonds. The minimum absolute atomic E-state index is 0.347. The molecule has 3 nitrogen and oxygen atoms in total. The van der Waals surface area contributed by atoms with Crippen LogP contribution in [0.15, 0.2) is 16.6 Å². The summed E-state index contributed by atoms with van der Waals surface area (Å²) in [5, 5.41) is 3.40. The van der Waals surface area contributed by atoms with E-state index in [2.05, 4.69) is 35.1 Å². The molecule has 1 rings (SSSR count). The van der Waals surface area contributed by atoms with Crippen LogP contribution < -0.4 is 14.8 Å². The third-order valence-corrected chi connectivity index (χ3v) is 3.36. The highest BCUT2D eigenvalue weighted by Gasteiger charge is 2.12. The molecule has 1 aromatic rings. The molecule has 0 saturated carbocycles. The first kappa shape index (κ1) is 18.2. The van der Waals surface area contributed by atoms with Crippen LogP contribution in [0.3, 0.4) is 0 Å². The number of halogens is 2. The number of nitrogens with one attached hydrogen (secondary N) is 1. The summed E-state index contributed by atoms with van der Waals surface area (Å²) < 4.78 is 24.3. The lowest BCUT2D eigenvalue weighted by Gasteiger charge is -2.16. The minimum atomic E-state index is -0.376. The van der Waals surface area contributed by atoms with Crippen molar-refractivity contribution in [1.29, 1.82) is 0 Å². The van der Waals surface area contributed by atoms with Gasteiger partial charge in [-0.15, -0.1) is 0 Å². The van der Waals surface area contributed by atoms with Gasteiger partial charge in [-0.1, -0.05) is 13.8 Å². The Morgan fingerprint density at radius 2 is 2.05 bits per heavy atom.